The molecule has 0 spiro atoms. The van der Waals surface area contributed by atoms with Crippen molar-refractivity contribution in [1.29, 1.82) is 0 Å². The molecule has 2 heterocycles. The second kappa shape index (κ2) is 10.8. The van der Waals surface area contributed by atoms with Crippen LogP contribution in [-0.2, 0) is 12.4 Å². The summed E-state index contributed by atoms with van der Waals surface area (Å²) in [6.45, 7) is -0.692. The molecule has 0 atom stereocenters. The lowest BCUT2D eigenvalue weighted by molar-refractivity contribution is -0.138. The molecule has 3 N–H and O–H groups in total. The van der Waals surface area contributed by atoms with E-state index in [1.54, 1.807) is 0 Å². The SMILES string of the molecule is O=C(O)c1cc(C(F)(F)F)cnc1Cl.O=C(O)c1cc(C(F)(F)F)cnc1NCCC(F)(F)F. The zero-order chi connectivity index (χ0) is 26.5. The molecule has 0 aromatic carbocycles. The first-order valence-electron chi connectivity index (χ1n) is 8.40. The van der Waals surface area contributed by atoms with Gasteiger partial charge in [-0.1, -0.05) is 11.6 Å². The van der Waals surface area contributed by atoms with Crippen molar-refractivity contribution in [1.82, 2.24) is 9.97 Å². The molecule has 2 aromatic rings. The van der Waals surface area contributed by atoms with Gasteiger partial charge in [0.25, 0.3) is 0 Å². The summed E-state index contributed by atoms with van der Waals surface area (Å²) in [5.74, 6) is -3.82. The molecule has 0 fully saturated rings. The van der Waals surface area contributed by atoms with Crippen LogP contribution < -0.4 is 5.32 Å². The van der Waals surface area contributed by atoms with E-state index in [0.717, 1.165) is 0 Å². The van der Waals surface area contributed by atoms with Crippen molar-refractivity contribution >= 4 is 29.4 Å². The largest absolute Gasteiger partial charge is 0.478 e. The molecule has 0 amide bonds. The van der Waals surface area contributed by atoms with Crippen LogP contribution in [0.2, 0.25) is 5.15 Å². The lowest BCUT2D eigenvalue weighted by atomic mass is 10.2. The van der Waals surface area contributed by atoms with Crippen LogP contribution in [0.4, 0.5) is 45.3 Å². The van der Waals surface area contributed by atoms with Crippen molar-refractivity contribution < 1.29 is 59.3 Å². The van der Waals surface area contributed by atoms with E-state index in [-0.39, 0.29) is 0 Å². The predicted octanol–water partition coefficient (Wildman–Crippen LogP) is 5.61. The molecule has 0 bridgehead atoms. The Morgan fingerprint density at radius 3 is 1.68 bits per heavy atom. The standard InChI is InChI=1S/C10H8F6N2O2.C7H3ClF3NO2/c11-9(12,13)1-2-17-7-6(8(19)20)3-5(4-18-7)10(14,15)16;8-5-4(6(13)14)1-3(2-12-5)7(9,10)11/h3-4H,1-2H2,(H,17,18)(H,19,20);1-2H,(H,13,14). The summed E-state index contributed by atoms with van der Waals surface area (Å²) in [4.78, 5) is 27.5. The minimum atomic E-state index is -4.79. The van der Waals surface area contributed by atoms with E-state index in [0.29, 0.717) is 24.5 Å². The molecular formula is C17H11ClF9N3O4. The molecule has 2 aromatic heterocycles. The van der Waals surface area contributed by atoms with Gasteiger partial charge in [-0.3, -0.25) is 0 Å². The molecule has 0 aliphatic rings. The zero-order valence-electron chi connectivity index (χ0n) is 16.1. The number of carboxylic acids is 2. The highest BCUT2D eigenvalue weighted by atomic mass is 35.5. The van der Waals surface area contributed by atoms with Crippen LogP contribution in [-0.4, -0.2) is 44.8 Å². The number of nitrogens with one attached hydrogen (secondary N) is 1. The molecule has 188 valence electrons. The lowest BCUT2D eigenvalue weighted by Crippen LogP contribution is -2.17. The van der Waals surface area contributed by atoms with Gasteiger partial charge in [0, 0.05) is 18.9 Å². The van der Waals surface area contributed by atoms with Gasteiger partial charge in [-0.25, -0.2) is 19.6 Å². The number of hydrogen-bond acceptors (Lipinski definition) is 5. The van der Waals surface area contributed by atoms with E-state index in [1.165, 1.54) is 0 Å². The van der Waals surface area contributed by atoms with Crippen LogP contribution in [0.15, 0.2) is 24.5 Å². The number of halogens is 10. The quantitative estimate of drug-likeness (QED) is 0.342. The number of pyridine rings is 2. The molecule has 17 heteroatoms. The maximum absolute atomic E-state index is 12.4. The van der Waals surface area contributed by atoms with Gasteiger partial charge in [-0.15, -0.1) is 0 Å². The summed E-state index contributed by atoms with van der Waals surface area (Å²) in [7, 11) is 0. The summed E-state index contributed by atoms with van der Waals surface area (Å²) in [6, 6.07) is 0.753. The predicted molar refractivity (Wildman–Crippen MR) is 96.6 cm³/mol. The number of aromatic carboxylic acids is 2. The first-order chi connectivity index (χ1) is 15.3. The van der Waals surface area contributed by atoms with Crippen LogP contribution in [0.1, 0.15) is 38.3 Å². The number of carboxylic acid groups (broad SMARTS) is 2. The third-order valence-electron chi connectivity index (χ3n) is 3.54. The first-order valence-corrected chi connectivity index (χ1v) is 8.78. The van der Waals surface area contributed by atoms with Gasteiger partial charge < -0.3 is 15.5 Å². The molecule has 0 aliphatic heterocycles. The van der Waals surface area contributed by atoms with E-state index < -0.39 is 76.7 Å². The maximum Gasteiger partial charge on any atom is 0.417 e. The zero-order valence-corrected chi connectivity index (χ0v) is 16.9. The average molecular weight is 528 g/mol. The minimum Gasteiger partial charge on any atom is -0.478 e. The first kappa shape index (κ1) is 28.7. The second-order valence-electron chi connectivity index (χ2n) is 6.08. The van der Waals surface area contributed by atoms with Crippen molar-refractivity contribution in [3.05, 3.63) is 51.9 Å². The van der Waals surface area contributed by atoms with Gasteiger partial charge in [0.05, 0.1) is 23.1 Å². The van der Waals surface area contributed by atoms with E-state index in [9.17, 15) is 49.1 Å². The third kappa shape index (κ3) is 8.92. The van der Waals surface area contributed by atoms with Gasteiger partial charge in [0.15, 0.2) is 0 Å². The minimum absolute atomic E-state index is 0.311. The smallest absolute Gasteiger partial charge is 0.417 e. The number of rotatable bonds is 5. The van der Waals surface area contributed by atoms with Crippen molar-refractivity contribution in [2.24, 2.45) is 0 Å². The monoisotopic (exact) mass is 527 g/mol. The number of alkyl halides is 9. The molecule has 2 rings (SSSR count). The summed E-state index contributed by atoms with van der Waals surface area (Å²) >= 11 is 5.28. The summed E-state index contributed by atoms with van der Waals surface area (Å²) in [6.07, 6.45) is -14.3. The normalized spacial score (nSPS) is 11.9. The van der Waals surface area contributed by atoms with E-state index >= 15 is 0 Å². The van der Waals surface area contributed by atoms with Crippen molar-refractivity contribution in [3.63, 3.8) is 0 Å². The fourth-order valence-electron chi connectivity index (χ4n) is 2.00. The second-order valence-corrected chi connectivity index (χ2v) is 6.44. The molecule has 34 heavy (non-hydrogen) atoms. The fraction of sp³-hybridized carbons (Fsp3) is 0.294. The Kier molecular flexibility index (Phi) is 9.09. The Balaban J connectivity index is 0.000000362. The highest BCUT2D eigenvalue weighted by Gasteiger charge is 2.33. The fourth-order valence-corrected chi connectivity index (χ4v) is 2.18. The number of carbonyl (C=O) groups is 2. The van der Waals surface area contributed by atoms with Crippen LogP contribution in [0.25, 0.3) is 0 Å². The number of hydrogen-bond donors (Lipinski definition) is 3. The van der Waals surface area contributed by atoms with Crippen LogP contribution >= 0.6 is 11.6 Å². The Morgan fingerprint density at radius 2 is 1.26 bits per heavy atom. The highest BCUT2D eigenvalue weighted by molar-refractivity contribution is 6.32. The molecular weight excluding hydrogens is 517 g/mol. The van der Waals surface area contributed by atoms with Crippen LogP contribution in [0, 0.1) is 0 Å². The number of nitrogens with zero attached hydrogens (tertiary/aromatic N) is 2. The van der Waals surface area contributed by atoms with Crippen molar-refractivity contribution in [3.8, 4) is 0 Å². The Morgan fingerprint density at radius 1 is 0.824 bits per heavy atom. The summed E-state index contributed by atoms with van der Waals surface area (Å²) in [5, 5.41) is 18.8. The number of anilines is 1. The highest BCUT2D eigenvalue weighted by Crippen LogP contribution is 2.31. The van der Waals surface area contributed by atoms with E-state index in [1.807, 2.05) is 0 Å². The Labute approximate surface area is 188 Å². The molecule has 0 radical (unpaired) electrons. The molecule has 0 saturated carbocycles. The van der Waals surface area contributed by atoms with Gasteiger partial charge in [0.1, 0.15) is 16.5 Å². The molecule has 7 nitrogen and oxygen atoms in total. The van der Waals surface area contributed by atoms with Crippen LogP contribution in [0.5, 0.6) is 0 Å². The molecule has 0 aliphatic carbocycles. The maximum atomic E-state index is 12.4. The topological polar surface area (TPSA) is 112 Å². The van der Waals surface area contributed by atoms with Crippen molar-refractivity contribution in [2.75, 3.05) is 11.9 Å². The van der Waals surface area contributed by atoms with E-state index in [4.69, 9.17) is 21.8 Å². The van der Waals surface area contributed by atoms with Gasteiger partial charge >= 0.3 is 30.5 Å². The third-order valence-corrected chi connectivity index (χ3v) is 3.84. The average Bonchev–Trinajstić information content (AvgIpc) is 2.66. The van der Waals surface area contributed by atoms with Gasteiger partial charge in [-0.2, -0.15) is 39.5 Å². The van der Waals surface area contributed by atoms with Crippen molar-refractivity contribution in [2.45, 2.75) is 24.9 Å². The summed E-state index contributed by atoms with van der Waals surface area (Å²) < 4.78 is 109. The molecule has 0 saturated heterocycles. The lowest BCUT2D eigenvalue weighted by Gasteiger charge is -2.12. The van der Waals surface area contributed by atoms with Gasteiger partial charge in [0.2, 0.25) is 0 Å². The molecule has 0 unspecified atom stereocenters. The Hall–Kier alpha value is -3.30. The Bertz CT molecular complexity index is 1040. The van der Waals surface area contributed by atoms with Crippen LogP contribution in [0.3, 0.4) is 0 Å². The summed E-state index contributed by atoms with van der Waals surface area (Å²) in [5.41, 5.74) is -3.95. The number of aromatic nitrogens is 2. The van der Waals surface area contributed by atoms with Gasteiger partial charge in [-0.05, 0) is 12.1 Å². The van der Waals surface area contributed by atoms with E-state index in [2.05, 4.69) is 15.3 Å².